The number of aromatic nitrogens is 3. The molecule has 3 heterocycles. The fraction of sp³-hybridized carbons (Fsp3) is 0.619. The summed E-state index contributed by atoms with van der Waals surface area (Å²) in [6.45, 7) is 7.90. The summed E-state index contributed by atoms with van der Waals surface area (Å²) in [6, 6.07) is 1.98. The van der Waals surface area contributed by atoms with Gasteiger partial charge in [0.05, 0.1) is 11.9 Å². The molecule has 0 aromatic carbocycles. The lowest BCUT2D eigenvalue weighted by Gasteiger charge is -2.34. The standard InChI is InChI=1S/C21H32N6O4/c1-15-12-16(2)23-20-19(15)21(24-25(20)3)31-14-18(29)27-9-7-26(8-10-27)13-17(28)22-6-5-11-30-4/h12H,5-11,13-14H2,1-4H3,(H,22,28). The molecule has 2 aromatic rings. The van der Waals surface area contributed by atoms with Crippen LogP contribution in [0.15, 0.2) is 6.07 Å². The number of methoxy groups -OCH3 is 1. The third-order valence-electron chi connectivity index (χ3n) is 5.36. The van der Waals surface area contributed by atoms with E-state index in [1.807, 2.05) is 27.0 Å². The molecule has 2 amide bonds. The minimum Gasteiger partial charge on any atom is -0.466 e. The van der Waals surface area contributed by atoms with Crippen LogP contribution in [0.5, 0.6) is 5.88 Å². The maximum atomic E-state index is 12.6. The molecule has 1 aliphatic heterocycles. The van der Waals surface area contributed by atoms with Crippen LogP contribution in [0.3, 0.4) is 0 Å². The number of nitrogens with one attached hydrogen (secondary N) is 1. The molecule has 10 heteroatoms. The van der Waals surface area contributed by atoms with E-state index in [0.29, 0.717) is 51.8 Å². The SMILES string of the molecule is COCCCNC(=O)CN1CCN(C(=O)COc2nn(C)c3nc(C)cc(C)c23)CC1. The summed E-state index contributed by atoms with van der Waals surface area (Å²) < 4.78 is 12.4. The van der Waals surface area contributed by atoms with E-state index in [9.17, 15) is 9.59 Å². The van der Waals surface area contributed by atoms with Crippen LogP contribution in [0, 0.1) is 13.8 Å². The van der Waals surface area contributed by atoms with Gasteiger partial charge in [-0.1, -0.05) is 0 Å². The fourth-order valence-corrected chi connectivity index (χ4v) is 3.73. The van der Waals surface area contributed by atoms with Crippen molar-refractivity contribution >= 4 is 22.8 Å². The van der Waals surface area contributed by atoms with Crippen molar-refractivity contribution in [3.63, 3.8) is 0 Å². The van der Waals surface area contributed by atoms with Crippen LogP contribution < -0.4 is 10.1 Å². The molecule has 10 nitrogen and oxygen atoms in total. The Morgan fingerprint density at radius 3 is 2.65 bits per heavy atom. The molecule has 2 aromatic heterocycles. The van der Waals surface area contributed by atoms with Gasteiger partial charge < -0.3 is 19.7 Å². The fourth-order valence-electron chi connectivity index (χ4n) is 3.73. The zero-order valence-electron chi connectivity index (χ0n) is 18.8. The number of pyridine rings is 1. The van der Waals surface area contributed by atoms with Gasteiger partial charge in [-0.05, 0) is 31.9 Å². The molecule has 0 unspecified atom stereocenters. The zero-order chi connectivity index (χ0) is 22.4. The van der Waals surface area contributed by atoms with E-state index in [2.05, 4.69) is 20.3 Å². The summed E-state index contributed by atoms with van der Waals surface area (Å²) in [7, 11) is 3.46. The average molecular weight is 433 g/mol. The molecule has 170 valence electrons. The predicted octanol–water partition coefficient (Wildman–Crippen LogP) is 0.261. The summed E-state index contributed by atoms with van der Waals surface area (Å²) in [5.41, 5.74) is 2.68. The quantitative estimate of drug-likeness (QED) is 0.567. The third kappa shape index (κ3) is 5.92. The highest BCUT2D eigenvalue weighted by molar-refractivity contribution is 5.86. The lowest BCUT2D eigenvalue weighted by molar-refractivity contribution is -0.135. The Morgan fingerprint density at radius 2 is 1.94 bits per heavy atom. The molecular formula is C21H32N6O4. The Bertz CT molecular complexity index is 920. The first kappa shape index (κ1) is 23.0. The summed E-state index contributed by atoms with van der Waals surface area (Å²) >= 11 is 0. The predicted molar refractivity (Wildman–Crippen MR) is 116 cm³/mol. The molecule has 0 aliphatic carbocycles. The van der Waals surface area contributed by atoms with Gasteiger partial charge in [0.15, 0.2) is 12.3 Å². The van der Waals surface area contributed by atoms with Gasteiger partial charge in [-0.15, -0.1) is 5.10 Å². The highest BCUT2D eigenvalue weighted by atomic mass is 16.5. The van der Waals surface area contributed by atoms with Crippen LogP contribution in [0.2, 0.25) is 0 Å². The number of rotatable bonds is 9. The first-order valence-corrected chi connectivity index (χ1v) is 10.6. The number of carbonyl (C=O) groups is 2. The molecule has 3 rings (SSSR count). The van der Waals surface area contributed by atoms with Crippen molar-refractivity contribution in [2.24, 2.45) is 7.05 Å². The average Bonchev–Trinajstić information content (AvgIpc) is 3.05. The van der Waals surface area contributed by atoms with E-state index < -0.39 is 0 Å². The maximum absolute atomic E-state index is 12.6. The molecule has 1 aliphatic rings. The summed E-state index contributed by atoms with van der Waals surface area (Å²) in [5, 5.41) is 8.11. The van der Waals surface area contributed by atoms with Gasteiger partial charge in [-0.2, -0.15) is 0 Å². The molecular weight excluding hydrogens is 400 g/mol. The number of aryl methyl sites for hydroxylation is 3. The van der Waals surface area contributed by atoms with Gasteiger partial charge in [0.25, 0.3) is 5.91 Å². The van der Waals surface area contributed by atoms with Crippen LogP contribution in [-0.4, -0.2) is 96.0 Å². The second-order valence-corrected chi connectivity index (χ2v) is 7.85. The lowest BCUT2D eigenvalue weighted by atomic mass is 10.2. The topological polar surface area (TPSA) is 102 Å². The Morgan fingerprint density at radius 1 is 1.19 bits per heavy atom. The number of piperazine rings is 1. The van der Waals surface area contributed by atoms with Crippen molar-refractivity contribution in [2.75, 3.05) is 59.6 Å². The lowest BCUT2D eigenvalue weighted by Crippen LogP contribution is -2.52. The van der Waals surface area contributed by atoms with Gasteiger partial charge in [0, 0.05) is 59.2 Å². The van der Waals surface area contributed by atoms with Crippen LogP contribution in [0.1, 0.15) is 17.7 Å². The number of nitrogens with zero attached hydrogens (tertiary/aromatic N) is 5. The Balaban J connectivity index is 1.46. The van der Waals surface area contributed by atoms with Crippen LogP contribution in [-0.2, 0) is 21.4 Å². The van der Waals surface area contributed by atoms with Crippen LogP contribution in [0.4, 0.5) is 0 Å². The van der Waals surface area contributed by atoms with Gasteiger partial charge in [0.2, 0.25) is 11.8 Å². The maximum Gasteiger partial charge on any atom is 0.260 e. The molecule has 0 radical (unpaired) electrons. The molecule has 31 heavy (non-hydrogen) atoms. The summed E-state index contributed by atoms with van der Waals surface area (Å²) in [4.78, 5) is 33.0. The molecule has 0 spiro atoms. The second-order valence-electron chi connectivity index (χ2n) is 7.85. The molecule has 1 fully saturated rings. The summed E-state index contributed by atoms with van der Waals surface area (Å²) in [6.07, 6.45) is 0.797. The van der Waals surface area contributed by atoms with Crippen LogP contribution in [0.25, 0.3) is 11.0 Å². The number of hydrogen-bond donors (Lipinski definition) is 1. The first-order chi connectivity index (χ1) is 14.9. The van der Waals surface area contributed by atoms with Crippen molar-refractivity contribution in [1.29, 1.82) is 0 Å². The van der Waals surface area contributed by atoms with E-state index in [4.69, 9.17) is 9.47 Å². The van der Waals surface area contributed by atoms with Crippen LogP contribution >= 0.6 is 0 Å². The molecule has 0 atom stereocenters. The largest absolute Gasteiger partial charge is 0.466 e. The molecule has 0 bridgehead atoms. The third-order valence-corrected chi connectivity index (χ3v) is 5.36. The van der Waals surface area contributed by atoms with Crippen molar-refractivity contribution in [3.05, 3.63) is 17.3 Å². The molecule has 1 N–H and O–H groups in total. The van der Waals surface area contributed by atoms with Crippen molar-refractivity contribution < 1.29 is 19.1 Å². The smallest absolute Gasteiger partial charge is 0.260 e. The van der Waals surface area contributed by atoms with Crippen molar-refractivity contribution in [1.82, 2.24) is 29.9 Å². The number of amides is 2. The van der Waals surface area contributed by atoms with E-state index >= 15 is 0 Å². The minimum atomic E-state index is -0.0832. The minimum absolute atomic E-state index is 0.000425. The molecule has 1 saturated heterocycles. The number of carbonyl (C=O) groups excluding carboxylic acids is 2. The summed E-state index contributed by atoms with van der Waals surface area (Å²) in [5.74, 6) is 0.347. The highest BCUT2D eigenvalue weighted by Gasteiger charge is 2.23. The van der Waals surface area contributed by atoms with E-state index in [1.54, 1.807) is 16.7 Å². The number of fused-ring (bicyclic) bond motifs is 1. The first-order valence-electron chi connectivity index (χ1n) is 10.6. The Hall–Kier alpha value is -2.72. The van der Waals surface area contributed by atoms with E-state index in [0.717, 1.165) is 28.7 Å². The van der Waals surface area contributed by atoms with E-state index in [1.165, 1.54) is 0 Å². The number of hydrogen-bond acceptors (Lipinski definition) is 7. The Labute approximate surface area is 182 Å². The number of ether oxygens (including phenoxy) is 2. The molecule has 0 saturated carbocycles. The highest BCUT2D eigenvalue weighted by Crippen LogP contribution is 2.27. The second kappa shape index (κ2) is 10.5. The van der Waals surface area contributed by atoms with Crippen molar-refractivity contribution in [3.8, 4) is 5.88 Å². The normalized spacial score (nSPS) is 14.8. The monoisotopic (exact) mass is 432 g/mol. The van der Waals surface area contributed by atoms with Gasteiger partial charge in [-0.3, -0.25) is 14.5 Å². The Kier molecular flexibility index (Phi) is 7.80. The van der Waals surface area contributed by atoms with Gasteiger partial charge in [-0.25, -0.2) is 9.67 Å². The van der Waals surface area contributed by atoms with E-state index in [-0.39, 0.29) is 18.4 Å². The van der Waals surface area contributed by atoms with Crippen molar-refractivity contribution in [2.45, 2.75) is 20.3 Å². The van der Waals surface area contributed by atoms with Gasteiger partial charge >= 0.3 is 0 Å². The van der Waals surface area contributed by atoms with Gasteiger partial charge in [0.1, 0.15) is 0 Å². The zero-order valence-corrected chi connectivity index (χ0v) is 18.8.